The Balaban J connectivity index is 1.71. The molecule has 0 bridgehead atoms. The van der Waals surface area contributed by atoms with Crippen LogP contribution in [0.25, 0.3) is 0 Å². The highest BCUT2D eigenvalue weighted by Gasteiger charge is 2.20. The Bertz CT molecular complexity index is 498. The Kier molecular flexibility index (Phi) is 6.73. The van der Waals surface area contributed by atoms with E-state index in [0.717, 1.165) is 37.7 Å². The van der Waals surface area contributed by atoms with Gasteiger partial charge in [-0.3, -0.25) is 10.2 Å². The number of piperazine rings is 1. The standard InChI is InChI=1S/C15H28N6OS/c1-5-20-6-8-21(9-7-20)12(4)10-16-14(22)17-15-19-18-13(23-15)11(2)3/h11-12H,5-10H2,1-4H3,(H2,16,17,19,22)/t12-/m0/s1. The molecule has 2 heterocycles. The average Bonchev–Trinajstić information content (AvgIpc) is 3.01. The van der Waals surface area contributed by atoms with Crippen LogP contribution < -0.4 is 10.6 Å². The largest absolute Gasteiger partial charge is 0.336 e. The van der Waals surface area contributed by atoms with E-state index in [2.05, 4.69) is 58.3 Å². The summed E-state index contributed by atoms with van der Waals surface area (Å²) in [5.41, 5.74) is 0. The maximum absolute atomic E-state index is 12.0. The topological polar surface area (TPSA) is 73.4 Å². The smallest absolute Gasteiger partial charge is 0.321 e. The summed E-state index contributed by atoms with van der Waals surface area (Å²) in [6.07, 6.45) is 0. The molecule has 2 amide bonds. The molecular weight excluding hydrogens is 312 g/mol. The van der Waals surface area contributed by atoms with E-state index in [4.69, 9.17) is 0 Å². The van der Waals surface area contributed by atoms with Gasteiger partial charge in [0.25, 0.3) is 0 Å². The molecule has 1 fully saturated rings. The highest BCUT2D eigenvalue weighted by Crippen LogP contribution is 2.22. The summed E-state index contributed by atoms with van der Waals surface area (Å²) in [7, 11) is 0. The van der Waals surface area contributed by atoms with E-state index in [1.807, 2.05) is 0 Å². The number of rotatable bonds is 6. The summed E-state index contributed by atoms with van der Waals surface area (Å²) in [6, 6.07) is 0.121. The average molecular weight is 340 g/mol. The van der Waals surface area contributed by atoms with Gasteiger partial charge in [-0.15, -0.1) is 10.2 Å². The first-order valence-corrected chi connectivity index (χ1v) is 9.16. The molecule has 0 spiro atoms. The first kappa shape index (κ1) is 18.1. The molecule has 1 aromatic rings. The van der Waals surface area contributed by atoms with Crippen molar-refractivity contribution in [3.63, 3.8) is 0 Å². The van der Waals surface area contributed by atoms with Crippen molar-refractivity contribution in [3.05, 3.63) is 5.01 Å². The summed E-state index contributed by atoms with van der Waals surface area (Å²) in [4.78, 5) is 16.8. The van der Waals surface area contributed by atoms with Gasteiger partial charge in [0, 0.05) is 44.7 Å². The molecule has 8 heteroatoms. The van der Waals surface area contributed by atoms with Gasteiger partial charge in [0.1, 0.15) is 5.01 Å². The number of nitrogens with one attached hydrogen (secondary N) is 2. The van der Waals surface area contributed by atoms with Gasteiger partial charge in [-0.2, -0.15) is 0 Å². The second-order valence-corrected chi connectivity index (χ2v) is 7.26. The number of hydrogen-bond acceptors (Lipinski definition) is 6. The number of aromatic nitrogens is 2. The summed E-state index contributed by atoms with van der Waals surface area (Å²) in [5.74, 6) is 0.327. The lowest BCUT2D eigenvalue weighted by Gasteiger charge is -2.37. The molecular formula is C15H28N6OS. The van der Waals surface area contributed by atoms with Gasteiger partial charge in [0.2, 0.25) is 5.13 Å². The van der Waals surface area contributed by atoms with Crippen LogP contribution in [0.1, 0.15) is 38.6 Å². The van der Waals surface area contributed by atoms with Crippen molar-refractivity contribution in [3.8, 4) is 0 Å². The summed E-state index contributed by atoms with van der Waals surface area (Å²) in [5, 5.41) is 15.2. The molecule has 1 aliphatic heterocycles. The molecule has 1 saturated heterocycles. The fourth-order valence-electron chi connectivity index (χ4n) is 2.55. The van der Waals surface area contributed by atoms with Gasteiger partial charge in [-0.05, 0) is 13.5 Å². The molecule has 1 atom stereocenters. The van der Waals surface area contributed by atoms with Crippen molar-refractivity contribution < 1.29 is 4.79 Å². The zero-order valence-electron chi connectivity index (χ0n) is 14.5. The highest BCUT2D eigenvalue weighted by molar-refractivity contribution is 7.15. The van der Waals surface area contributed by atoms with Crippen LogP contribution in [0.3, 0.4) is 0 Å². The second kappa shape index (κ2) is 8.56. The van der Waals surface area contributed by atoms with Crippen molar-refractivity contribution >= 4 is 22.5 Å². The van der Waals surface area contributed by atoms with Gasteiger partial charge >= 0.3 is 6.03 Å². The fourth-order valence-corrected chi connectivity index (χ4v) is 3.29. The summed E-state index contributed by atoms with van der Waals surface area (Å²) >= 11 is 1.42. The van der Waals surface area contributed by atoms with E-state index in [0.29, 0.717) is 23.6 Å². The van der Waals surface area contributed by atoms with Crippen molar-refractivity contribution in [2.45, 2.75) is 39.7 Å². The van der Waals surface area contributed by atoms with Gasteiger partial charge < -0.3 is 10.2 Å². The number of urea groups is 1. The third-order valence-corrected chi connectivity index (χ3v) is 5.33. The van der Waals surface area contributed by atoms with Crippen LogP contribution in [0.15, 0.2) is 0 Å². The Morgan fingerprint density at radius 1 is 1.22 bits per heavy atom. The van der Waals surface area contributed by atoms with E-state index in [1.165, 1.54) is 11.3 Å². The second-order valence-electron chi connectivity index (χ2n) is 6.25. The van der Waals surface area contributed by atoms with Gasteiger partial charge in [-0.1, -0.05) is 32.1 Å². The van der Waals surface area contributed by atoms with Crippen LogP contribution in [-0.2, 0) is 0 Å². The van der Waals surface area contributed by atoms with Crippen molar-refractivity contribution in [2.75, 3.05) is 44.6 Å². The monoisotopic (exact) mass is 340 g/mol. The third-order valence-electron chi connectivity index (χ3n) is 4.19. The number of carbonyl (C=O) groups excluding carboxylic acids is 1. The molecule has 1 aromatic heterocycles. The van der Waals surface area contributed by atoms with Crippen LogP contribution in [0.4, 0.5) is 9.93 Å². The molecule has 0 aliphatic carbocycles. The molecule has 2 rings (SSSR count). The number of nitrogens with zero attached hydrogens (tertiary/aromatic N) is 4. The minimum Gasteiger partial charge on any atom is -0.336 e. The maximum atomic E-state index is 12.0. The number of likely N-dealkylation sites (N-methyl/N-ethyl adjacent to an activating group) is 1. The van der Waals surface area contributed by atoms with Crippen LogP contribution in [0, 0.1) is 0 Å². The Morgan fingerprint density at radius 3 is 2.48 bits per heavy atom. The van der Waals surface area contributed by atoms with Crippen LogP contribution in [0.2, 0.25) is 0 Å². The molecule has 23 heavy (non-hydrogen) atoms. The van der Waals surface area contributed by atoms with E-state index in [1.54, 1.807) is 0 Å². The van der Waals surface area contributed by atoms with Gasteiger partial charge in [-0.25, -0.2) is 4.79 Å². The molecule has 0 aromatic carbocycles. The van der Waals surface area contributed by atoms with Crippen LogP contribution in [-0.4, -0.2) is 71.3 Å². The zero-order valence-corrected chi connectivity index (χ0v) is 15.3. The molecule has 130 valence electrons. The van der Waals surface area contributed by atoms with Gasteiger partial charge in [0.15, 0.2) is 0 Å². The van der Waals surface area contributed by atoms with Crippen molar-refractivity contribution in [2.24, 2.45) is 0 Å². The summed E-state index contributed by atoms with van der Waals surface area (Å²) in [6.45, 7) is 14.6. The molecule has 0 radical (unpaired) electrons. The number of amides is 2. The minimum atomic E-state index is -0.212. The quantitative estimate of drug-likeness (QED) is 0.826. The van der Waals surface area contributed by atoms with Crippen molar-refractivity contribution in [1.29, 1.82) is 0 Å². The SMILES string of the molecule is CCN1CCN([C@@H](C)CNC(=O)Nc2nnc(C(C)C)s2)CC1. The normalized spacial score (nSPS) is 18.1. The zero-order chi connectivity index (χ0) is 16.8. The molecule has 7 nitrogen and oxygen atoms in total. The van der Waals surface area contributed by atoms with E-state index < -0.39 is 0 Å². The molecule has 0 saturated carbocycles. The number of anilines is 1. The molecule has 2 N–H and O–H groups in total. The van der Waals surface area contributed by atoms with E-state index in [9.17, 15) is 4.79 Å². The maximum Gasteiger partial charge on any atom is 0.321 e. The van der Waals surface area contributed by atoms with Gasteiger partial charge in [0.05, 0.1) is 0 Å². The van der Waals surface area contributed by atoms with E-state index in [-0.39, 0.29) is 6.03 Å². The number of carbonyl (C=O) groups is 1. The third kappa shape index (κ3) is 5.40. The highest BCUT2D eigenvalue weighted by atomic mass is 32.1. The van der Waals surface area contributed by atoms with E-state index >= 15 is 0 Å². The van der Waals surface area contributed by atoms with Crippen LogP contribution >= 0.6 is 11.3 Å². The molecule has 1 aliphatic rings. The Labute approximate surface area is 142 Å². The minimum absolute atomic E-state index is 0.212. The lowest BCUT2D eigenvalue weighted by atomic mass is 10.2. The van der Waals surface area contributed by atoms with Crippen molar-refractivity contribution in [1.82, 2.24) is 25.3 Å². The predicted molar refractivity (Wildman–Crippen MR) is 94.2 cm³/mol. The first-order valence-electron chi connectivity index (χ1n) is 8.34. The Hall–Kier alpha value is -1.25. The molecule has 0 unspecified atom stereocenters. The fraction of sp³-hybridized carbons (Fsp3) is 0.800. The predicted octanol–water partition coefficient (Wildman–Crippen LogP) is 1.81. The number of hydrogen-bond donors (Lipinski definition) is 2. The first-order chi connectivity index (χ1) is 11.0. The lowest BCUT2D eigenvalue weighted by Crippen LogP contribution is -2.52. The lowest BCUT2D eigenvalue weighted by molar-refractivity contribution is 0.106. The Morgan fingerprint density at radius 2 is 1.91 bits per heavy atom. The summed E-state index contributed by atoms with van der Waals surface area (Å²) < 4.78 is 0. The van der Waals surface area contributed by atoms with Crippen LogP contribution in [0.5, 0.6) is 0 Å².